The van der Waals surface area contributed by atoms with Crippen LogP contribution in [0.3, 0.4) is 0 Å². The molecule has 0 saturated heterocycles. The van der Waals surface area contributed by atoms with Gasteiger partial charge in [0.05, 0.1) is 11.6 Å². The number of hydrogen-bond donors (Lipinski definition) is 1. The maximum atomic E-state index is 11.1. The number of nitriles is 1. The number of carboxylic acid groups (broad SMARTS) is 1. The Hall–Kier alpha value is -2.54. The van der Waals surface area contributed by atoms with Crippen LogP contribution in [-0.2, 0) is 4.79 Å². The highest BCUT2D eigenvalue weighted by Crippen LogP contribution is 2.36. The summed E-state index contributed by atoms with van der Waals surface area (Å²) < 4.78 is 0. The van der Waals surface area contributed by atoms with Gasteiger partial charge in [-0.1, -0.05) is 24.3 Å². The molecule has 3 rings (SSSR count). The SMILES string of the molecule is N#Cc1ccc(N(CC(=O)O)C2CC2)c2ccccc12. The van der Waals surface area contributed by atoms with Crippen molar-refractivity contribution in [3.05, 3.63) is 42.0 Å². The lowest BCUT2D eigenvalue weighted by Crippen LogP contribution is -2.31. The molecule has 0 bridgehead atoms. The van der Waals surface area contributed by atoms with Crippen LogP contribution in [0.5, 0.6) is 0 Å². The first-order valence-corrected chi connectivity index (χ1v) is 6.61. The van der Waals surface area contributed by atoms with Crippen LogP contribution < -0.4 is 4.90 Å². The number of rotatable bonds is 4. The summed E-state index contributed by atoms with van der Waals surface area (Å²) in [6.07, 6.45) is 2.06. The molecule has 4 nitrogen and oxygen atoms in total. The van der Waals surface area contributed by atoms with Crippen LogP contribution in [0.25, 0.3) is 10.8 Å². The van der Waals surface area contributed by atoms with Gasteiger partial charge in [0.1, 0.15) is 6.54 Å². The fourth-order valence-electron chi connectivity index (χ4n) is 2.57. The maximum Gasteiger partial charge on any atom is 0.323 e. The normalized spacial score (nSPS) is 13.9. The van der Waals surface area contributed by atoms with E-state index in [1.54, 1.807) is 6.07 Å². The third-order valence-electron chi connectivity index (χ3n) is 3.62. The largest absolute Gasteiger partial charge is 0.480 e. The van der Waals surface area contributed by atoms with Crippen LogP contribution in [0.4, 0.5) is 5.69 Å². The standard InChI is InChI=1S/C16H14N2O2/c17-9-11-5-8-15(14-4-2-1-3-13(11)14)18(10-16(19)20)12-6-7-12/h1-5,8,12H,6-7,10H2,(H,19,20). The molecular formula is C16H14N2O2. The first kappa shape index (κ1) is 12.5. The first-order chi connectivity index (χ1) is 9.70. The molecule has 1 aliphatic carbocycles. The van der Waals surface area contributed by atoms with Gasteiger partial charge in [-0.25, -0.2) is 0 Å². The van der Waals surface area contributed by atoms with Gasteiger partial charge in [-0.15, -0.1) is 0 Å². The molecule has 4 heteroatoms. The highest BCUT2D eigenvalue weighted by molar-refractivity contribution is 5.98. The molecule has 0 heterocycles. The molecule has 2 aromatic rings. The van der Waals surface area contributed by atoms with Gasteiger partial charge in [-0.05, 0) is 25.0 Å². The number of carboxylic acids is 1. The van der Waals surface area contributed by atoms with E-state index in [0.717, 1.165) is 29.3 Å². The number of anilines is 1. The lowest BCUT2D eigenvalue weighted by molar-refractivity contribution is -0.135. The zero-order chi connectivity index (χ0) is 14.1. The van der Waals surface area contributed by atoms with Crippen LogP contribution in [0.1, 0.15) is 18.4 Å². The zero-order valence-corrected chi connectivity index (χ0v) is 10.9. The molecule has 0 atom stereocenters. The molecule has 2 aromatic carbocycles. The van der Waals surface area contributed by atoms with E-state index in [9.17, 15) is 10.1 Å². The second kappa shape index (κ2) is 4.86. The Kier molecular flexibility index (Phi) is 3.03. The lowest BCUT2D eigenvalue weighted by Gasteiger charge is -2.24. The van der Waals surface area contributed by atoms with Crippen LogP contribution >= 0.6 is 0 Å². The van der Waals surface area contributed by atoms with Gasteiger partial charge in [0.15, 0.2) is 0 Å². The second-order valence-electron chi connectivity index (χ2n) is 5.04. The van der Waals surface area contributed by atoms with Gasteiger partial charge >= 0.3 is 5.97 Å². The summed E-state index contributed by atoms with van der Waals surface area (Å²) in [5, 5.41) is 20.1. The van der Waals surface area contributed by atoms with E-state index in [1.807, 2.05) is 35.2 Å². The molecule has 1 aliphatic rings. The third kappa shape index (κ3) is 2.19. The molecule has 1 fully saturated rings. The number of carbonyl (C=O) groups is 1. The third-order valence-corrected chi connectivity index (χ3v) is 3.62. The Balaban J connectivity index is 2.15. The fourth-order valence-corrected chi connectivity index (χ4v) is 2.57. The molecule has 0 aromatic heterocycles. The van der Waals surface area contributed by atoms with Crippen molar-refractivity contribution in [2.24, 2.45) is 0 Å². The van der Waals surface area contributed by atoms with Gasteiger partial charge in [0.25, 0.3) is 0 Å². The predicted octanol–water partition coefficient (Wildman–Crippen LogP) is 2.76. The molecule has 20 heavy (non-hydrogen) atoms. The van der Waals surface area contributed by atoms with Crippen molar-refractivity contribution < 1.29 is 9.90 Å². The number of fused-ring (bicyclic) bond motifs is 1. The van der Waals surface area contributed by atoms with Crippen LogP contribution in [0.2, 0.25) is 0 Å². The van der Waals surface area contributed by atoms with Crippen molar-refractivity contribution >= 4 is 22.4 Å². The number of aliphatic carboxylic acids is 1. The van der Waals surface area contributed by atoms with E-state index in [-0.39, 0.29) is 6.54 Å². The Bertz CT molecular complexity index is 714. The van der Waals surface area contributed by atoms with Crippen molar-refractivity contribution in [1.29, 1.82) is 5.26 Å². The summed E-state index contributed by atoms with van der Waals surface area (Å²) in [4.78, 5) is 13.0. The van der Waals surface area contributed by atoms with Gasteiger partial charge in [0.2, 0.25) is 0 Å². The van der Waals surface area contributed by atoms with Crippen molar-refractivity contribution in [3.8, 4) is 6.07 Å². The van der Waals surface area contributed by atoms with E-state index in [2.05, 4.69) is 6.07 Å². The number of benzene rings is 2. The summed E-state index contributed by atoms with van der Waals surface area (Å²) in [5.74, 6) is -0.828. The Labute approximate surface area is 116 Å². The summed E-state index contributed by atoms with van der Waals surface area (Å²) in [7, 11) is 0. The summed E-state index contributed by atoms with van der Waals surface area (Å²) in [6, 6.07) is 13.8. The molecule has 100 valence electrons. The van der Waals surface area contributed by atoms with Gasteiger partial charge in [-0.3, -0.25) is 4.79 Å². The predicted molar refractivity (Wildman–Crippen MR) is 76.7 cm³/mol. The van der Waals surface area contributed by atoms with Gasteiger partial charge < -0.3 is 10.0 Å². The molecule has 1 saturated carbocycles. The van der Waals surface area contributed by atoms with Gasteiger partial charge in [-0.2, -0.15) is 5.26 Å². The molecular weight excluding hydrogens is 252 g/mol. The van der Waals surface area contributed by atoms with Crippen molar-refractivity contribution in [1.82, 2.24) is 0 Å². The van der Waals surface area contributed by atoms with Crippen LogP contribution in [-0.4, -0.2) is 23.7 Å². The highest BCUT2D eigenvalue weighted by atomic mass is 16.4. The summed E-state index contributed by atoms with van der Waals surface area (Å²) in [6.45, 7) is 0.000557. The smallest absolute Gasteiger partial charge is 0.323 e. The topological polar surface area (TPSA) is 64.3 Å². The molecule has 0 amide bonds. The minimum atomic E-state index is -0.828. The van der Waals surface area contributed by atoms with Crippen LogP contribution in [0, 0.1) is 11.3 Å². The monoisotopic (exact) mass is 266 g/mol. The average Bonchev–Trinajstić information content (AvgIpc) is 3.28. The number of hydrogen-bond acceptors (Lipinski definition) is 3. The van der Waals surface area contributed by atoms with E-state index in [4.69, 9.17) is 5.11 Å². The van der Waals surface area contributed by atoms with E-state index >= 15 is 0 Å². The van der Waals surface area contributed by atoms with E-state index < -0.39 is 5.97 Å². The minimum Gasteiger partial charge on any atom is -0.480 e. The molecule has 0 spiro atoms. The quantitative estimate of drug-likeness (QED) is 0.924. The summed E-state index contributed by atoms with van der Waals surface area (Å²) >= 11 is 0. The fraction of sp³-hybridized carbons (Fsp3) is 0.250. The molecule has 0 aliphatic heterocycles. The van der Waals surface area contributed by atoms with Crippen molar-refractivity contribution in [3.63, 3.8) is 0 Å². The molecule has 1 N–H and O–H groups in total. The maximum absolute atomic E-state index is 11.1. The van der Waals surface area contributed by atoms with Crippen molar-refractivity contribution in [2.45, 2.75) is 18.9 Å². The van der Waals surface area contributed by atoms with Crippen molar-refractivity contribution in [2.75, 3.05) is 11.4 Å². The minimum absolute atomic E-state index is 0.000557. The first-order valence-electron chi connectivity index (χ1n) is 6.61. The molecule has 0 unspecified atom stereocenters. The highest BCUT2D eigenvalue weighted by Gasteiger charge is 2.31. The molecule has 0 radical (unpaired) electrons. The van der Waals surface area contributed by atoms with Crippen LogP contribution in [0.15, 0.2) is 36.4 Å². The Morgan fingerprint density at radius 1 is 1.25 bits per heavy atom. The van der Waals surface area contributed by atoms with Gasteiger partial charge in [0, 0.05) is 22.5 Å². The lowest BCUT2D eigenvalue weighted by atomic mass is 10.0. The Morgan fingerprint density at radius 3 is 2.55 bits per heavy atom. The Morgan fingerprint density at radius 2 is 1.95 bits per heavy atom. The van der Waals surface area contributed by atoms with E-state index in [0.29, 0.717) is 11.6 Å². The second-order valence-corrected chi connectivity index (χ2v) is 5.04. The van der Waals surface area contributed by atoms with E-state index in [1.165, 1.54) is 0 Å². The number of nitrogens with zero attached hydrogens (tertiary/aromatic N) is 2. The zero-order valence-electron chi connectivity index (χ0n) is 10.9. The average molecular weight is 266 g/mol. The summed E-state index contributed by atoms with van der Waals surface area (Å²) in [5.41, 5.74) is 1.53.